The molecule has 0 spiro atoms. The number of hydrogen-bond donors (Lipinski definition) is 0. The fourth-order valence-corrected chi connectivity index (χ4v) is 4.66. The van der Waals surface area contributed by atoms with E-state index < -0.39 is 23.1 Å². The van der Waals surface area contributed by atoms with Gasteiger partial charge in [-0.15, -0.1) is 0 Å². The number of piperazine rings is 1. The minimum absolute atomic E-state index is 0.169. The first-order valence-electron chi connectivity index (χ1n) is 11.9. The van der Waals surface area contributed by atoms with Gasteiger partial charge in [0, 0.05) is 75.1 Å². The molecule has 0 bridgehead atoms. The van der Waals surface area contributed by atoms with E-state index in [0.717, 1.165) is 55.9 Å². The van der Waals surface area contributed by atoms with Crippen molar-refractivity contribution in [2.45, 2.75) is 19.0 Å². The largest absolute Gasteiger partial charge is 0.416 e. The van der Waals surface area contributed by atoms with Crippen LogP contribution >= 0.6 is 0 Å². The Kier molecular flexibility index (Phi) is 6.42. The van der Waals surface area contributed by atoms with E-state index in [0.29, 0.717) is 42.0 Å². The van der Waals surface area contributed by atoms with E-state index >= 15 is 4.39 Å². The van der Waals surface area contributed by atoms with E-state index in [1.165, 1.54) is 24.5 Å². The third-order valence-corrected chi connectivity index (χ3v) is 6.75. The molecule has 2 aliphatic heterocycles. The van der Waals surface area contributed by atoms with Crippen molar-refractivity contribution < 1.29 is 17.6 Å². The molecule has 2 fully saturated rings. The Morgan fingerprint density at radius 1 is 0.861 bits per heavy atom. The molecule has 0 radical (unpaired) electrons. The van der Waals surface area contributed by atoms with Crippen molar-refractivity contribution >= 4 is 11.6 Å². The predicted molar refractivity (Wildman–Crippen MR) is 129 cm³/mol. The number of aromatic nitrogens is 3. The van der Waals surface area contributed by atoms with Gasteiger partial charge >= 0.3 is 6.18 Å². The quantitative estimate of drug-likeness (QED) is 0.506. The number of anilines is 2. The molecule has 2 saturated heterocycles. The van der Waals surface area contributed by atoms with Crippen LogP contribution in [0.15, 0.2) is 47.7 Å². The Labute approximate surface area is 205 Å². The van der Waals surface area contributed by atoms with Gasteiger partial charge < -0.3 is 14.7 Å². The second-order valence-electron chi connectivity index (χ2n) is 9.20. The second kappa shape index (κ2) is 9.53. The highest BCUT2D eigenvalue weighted by atomic mass is 19.4. The number of likely N-dealkylation sites (N-methyl/N-ethyl adjacent to an activating group) is 1. The van der Waals surface area contributed by atoms with Gasteiger partial charge in [0.2, 0.25) is 5.95 Å². The standard InChI is InChI=1S/C25H26F4N6O/c1-32-8-10-33(11-9-32)21-14-20(26)19(17-15-30-24(31-16-17)34-5-2-3-6-34)13-22(21)35-7-4-18(12-23(35)36)25(27,28)29/h4,7,12-16H,2-3,5-6,8-11H2,1H3. The van der Waals surface area contributed by atoms with Crippen LogP contribution < -0.4 is 15.4 Å². The zero-order valence-corrected chi connectivity index (χ0v) is 19.8. The molecule has 1 aromatic carbocycles. The Morgan fingerprint density at radius 2 is 1.53 bits per heavy atom. The van der Waals surface area contributed by atoms with Crippen LogP contribution in [-0.2, 0) is 6.18 Å². The van der Waals surface area contributed by atoms with Gasteiger partial charge in [-0.3, -0.25) is 9.36 Å². The number of hydrogen-bond acceptors (Lipinski definition) is 6. The third-order valence-electron chi connectivity index (χ3n) is 6.75. The van der Waals surface area contributed by atoms with Crippen LogP contribution in [0.3, 0.4) is 0 Å². The van der Waals surface area contributed by atoms with Gasteiger partial charge in [0.05, 0.1) is 16.9 Å². The van der Waals surface area contributed by atoms with E-state index in [-0.39, 0.29) is 5.56 Å². The van der Waals surface area contributed by atoms with Crippen LogP contribution in [0.25, 0.3) is 16.8 Å². The van der Waals surface area contributed by atoms with E-state index in [4.69, 9.17) is 0 Å². The van der Waals surface area contributed by atoms with E-state index in [2.05, 4.69) is 19.8 Å². The maximum absolute atomic E-state index is 15.4. The predicted octanol–water partition coefficient (Wildman–Crippen LogP) is 3.80. The smallest absolute Gasteiger partial charge is 0.367 e. The summed E-state index contributed by atoms with van der Waals surface area (Å²) in [5.74, 6) is 0.0510. The van der Waals surface area contributed by atoms with E-state index in [1.807, 2.05) is 11.9 Å². The summed E-state index contributed by atoms with van der Waals surface area (Å²) in [6, 6.07) is 4.25. The molecule has 36 heavy (non-hydrogen) atoms. The molecule has 0 aliphatic carbocycles. The summed E-state index contributed by atoms with van der Waals surface area (Å²) in [6.45, 7) is 4.38. The number of nitrogens with zero attached hydrogens (tertiary/aromatic N) is 6. The van der Waals surface area contributed by atoms with Crippen molar-refractivity contribution in [1.82, 2.24) is 19.4 Å². The van der Waals surface area contributed by atoms with Gasteiger partial charge in [0.1, 0.15) is 5.82 Å². The average molecular weight is 503 g/mol. The van der Waals surface area contributed by atoms with Crippen LogP contribution in [0.1, 0.15) is 18.4 Å². The molecule has 7 nitrogen and oxygen atoms in total. The molecule has 0 N–H and O–H groups in total. The Balaban J connectivity index is 1.59. The van der Waals surface area contributed by atoms with Gasteiger partial charge in [-0.25, -0.2) is 14.4 Å². The molecule has 0 amide bonds. The lowest BCUT2D eigenvalue weighted by molar-refractivity contribution is -0.137. The zero-order valence-electron chi connectivity index (χ0n) is 19.8. The summed E-state index contributed by atoms with van der Waals surface area (Å²) < 4.78 is 56.1. The van der Waals surface area contributed by atoms with Gasteiger partial charge in [-0.1, -0.05) is 0 Å². The molecule has 0 unspecified atom stereocenters. The number of alkyl halides is 3. The molecule has 2 aromatic heterocycles. The lowest BCUT2D eigenvalue weighted by Gasteiger charge is -2.35. The van der Waals surface area contributed by atoms with Gasteiger partial charge in [-0.2, -0.15) is 13.2 Å². The van der Waals surface area contributed by atoms with Gasteiger partial charge in [0.15, 0.2) is 0 Å². The maximum atomic E-state index is 15.4. The third kappa shape index (κ3) is 4.79. The van der Waals surface area contributed by atoms with Gasteiger partial charge in [-0.05, 0) is 38.1 Å². The topological polar surface area (TPSA) is 57.5 Å². The summed E-state index contributed by atoms with van der Waals surface area (Å²) in [7, 11) is 1.98. The summed E-state index contributed by atoms with van der Waals surface area (Å²) >= 11 is 0. The number of benzene rings is 1. The number of halogens is 4. The molecular weight excluding hydrogens is 476 g/mol. The molecule has 5 rings (SSSR count). The van der Waals surface area contributed by atoms with Crippen molar-refractivity contribution in [1.29, 1.82) is 0 Å². The van der Waals surface area contributed by atoms with Crippen molar-refractivity contribution in [2.24, 2.45) is 0 Å². The first-order chi connectivity index (χ1) is 17.2. The van der Waals surface area contributed by atoms with Crippen LogP contribution in [0.4, 0.5) is 29.2 Å². The van der Waals surface area contributed by atoms with Crippen LogP contribution in [0.2, 0.25) is 0 Å². The maximum Gasteiger partial charge on any atom is 0.416 e. The van der Waals surface area contributed by atoms with Crippen molar-refractivity contribution in [3.63, 3.8) is 0 Å². The molecule has 4 heterocycles. The minimum Gasteiger partial charge on any atom is -0.367 e. The molecule has 190 valence electrons. The first kappa shape index (κ1) is 24.2. The normalized spacial score (nSPS) is 17.1. The number of pyridine rings is 1. The molecule has 3 aromatic rings. The summed E-state index contributed by atoms with van der Waals surface area (Å²) in [4.78, 5) is 27.7. The SMILES string of the molecule is CN1CCN(c2cc(F)c(-c3cnc(N4CCCC4)nc3)cc2-n2ccc(C(F)(F)F)cc2=O)CC1. The van der Waals surface area contributed by atoms with Crippen molar-refractivity contribution in [2.75, 3.05) is 56.1 Å². The summed E-state index contributed by atoms with van der Waals surface area (Å²) in [5.41, 5.74) is -0.542. The second-order valence-corrected chi connectivity index (χ2v) is 9.20. The lowest BCUT2D eigenvalue weighted by Crippen LogP contribution is -2.45. The molecule has 11 heteroatoms. The van der Waals surface area contributed by atoms with E-state index in [9.17, 15) is 18.0 Å². The first-order valence-corrected chi connectivity index (χ1v) is 11.9. The monoisotopic (exact) mass is 502 g/mol. The minimum atomic E-state index is -4.64. The van der Waals surface area contributed by atoms with Crippen molar-refractivity contribution in [3.05, 3.63) is 64.6 Å². The fourth-order valence-electron chi connectivity index (χ4n) is 4.66. The highest BCUT2D eigenvalue weighted by molar-refractivity contribution is 5.74. The highest BCUT2D eigenvalue weighted by Gasteiger charge is 2.31. The average Bonchev–Trinajstić information content (AvgIpc) is 3.39. The highest BCUT2D eigenvalue weighted by Crippen LogP contribution is 2.34. The van der Waals surface area contributed by atoms with Crippen molar-refractivity contribution in [3.8, 4) is 16.8 Å². The Morgan fingerprint density at radius 3 is 2.14 bits per heavy atom. The Bertz CT molecular complexity index is 1290. The zero-order chi connectivity index (χ0) is 25.4. The van der Waals surface area contributed by atoms with Crippen LogP contribution in [0, 0.1) is 5.82 Å². The molecule has 2 aliphatic rings. The fraction of sp³-hybridized carbons (Fsp3) is 0.400. The molecule has 0 saturated carbocycles. The Hall–Kier alpha value is -3.47. The van der Waals surface area contributed by atoms with E-state index in [1.54, 1.807) is 0 Å². The van der Waals surface area contributed by atoms with Crippen LogP contribution in [0.5, 0.6) is 0 Å². The molecule has 0 atom stereocenters. The summed E-state index contributed by atoms with van der Waals surface area (Å²) in [5, 5.41) is 0. The van der Waals surface area contributed by atoms with Gasteiger partial charge in [0.25, 0.3) is 5.56 Å². The number of rotatable bonds is 4. The van der Waals surface area contributed by atoms with Crippen LogP contribution in [-0.4, -0.2) is 65.8 Å². The molecular formula is C25H26F4N6O. The summed E-state index contributed by atoms with van der Waals surface area (Å²) in [6.07, 6.45) is 1.66. The lowest BCUT2D eigenvalue weighted by atomic mass is 10.0.